The number of amides is 1. The predicted molar refractivity (Wildman–Crippen MR) is 123 cm³/mol. The Bertz CT molecular complexity index is 1320. The van der Waals surface area contributed by atoms with Crippen molar-refractivity contribution in [3.63, 3.8) is 0 Å². The summed E-state index contributed by atoms with van der Waals surface area (Å²) in [6.07, 6.45) is 0.0320. The van der Waals surface area contributed by atoms with Crippen LogP contribution in [0.3, 0.4) is 0 Å². The van der Waals surface area contributed by atoms with Crippen LogP contribution in [0.5, 0.6) is 11.5 Å². The Labute approximate surface area is 200 Å². The van der Waals surface area contributed by atoms with Gasteiger partial charge in [0, 0.05) is 18.0 Å². The Balaban J connectivity index is 1.45. The largest absolute Gasteiger partial charge is 0.493 e. The molecule has 0 bridgehead atoms. The van der Waals surface area contributed by atoms with Gasteiger partial charge < -0.3 is 14.2 Å². The van der Waals surface area contributed by atoms with E-state index in [-0.39, 0.29) is 31.4 Å². The lowest BCUT2D eigenvalue weighted by Crippen LogP contribution is -2.37. The molecule has 0 fully saturated rings. The van der Waals surface area contributed by atoms with Gasteiger partial charge in [0.15, 0.2) is 11.5 Å². The van der Waals surface area contributed by atoms with E-state index in [1.165, 1.54) is 48.4 Å². The van der Waals surface area contributed by atoms with Crippen molar-refractivity contribution in [2.75, 3.05) is 18.6 Å². The maximum atomic E-state index is 13.4. The summed E-state index contributed by atoms with van der Waals surface area (Å²) in [7, 11) is 1.50. The fraction of sp³-hybridized carbons (Fsp3) is 0.185. The lowest BCUT2D eigenvalue weighted by molar-refractivity contribution is -0.136. The van der Waals surface area contributed by atoms with Crippen LogP contribution in [0.15, 0.2) is 78.0 Å². The number of esters is 1. The highest BCUT2D eigenvalue weighted by molar-refractivity contribution is 6.06. The molecule has 8 heteroatoms. The highest BCUT2D eigenvalue weighted by Gasteiger charge is 2.43. The Kier molecular flexibility index (Phi) is 5.94. The summed E-state index contributed by atoms with van der Waals surface area (Å²) in [6.45, 7) is 0.177. The molecule has 2 aliphatic heterocycles. The van der Waals surface area contributed by atoms with E-state index in [1.54, 1.807) is 30.3 Å². The third kappa shape index (κ3) is 4.35. The van der Waals surface area contributed by atoms with E-state index in [0.29, 0.717) is 34.0 Å². The van der Waals surface area contributed by atoms with E-state index in [4.69, 9.17) is 14.2 Å². The lowest BCUT2D eigenvalue weighted by atomic mass is 9.84. The topological polar surface area (TPSA) is 65.1 Å². The smallest absolute Gasteiger partial charge is 0.336 e. The van der Waals surface area contributed by atoms with Gasteiger partial charge in [0.2, 0.25) is 5.91 Å². The van der Waals surface area contributed by atoms with Crippen LogP contribution >= 0.6 is 0 Å². The standard InChI is InChI=1S/C27H21F2NO5/c1-33-24-12-17(4-11-23(24)34-14-16-2-5-18(28)6-3-16)21-13-25(31)30(20-9-7-19(29)8-10-20)22-15-35-27(32)26(21)22/h2-12,21H,13-15H2,1H3. The molecule has 0 aromatic heterocycles. The highest BCUT2D eigenvalue weighted by Crippen LogP contribution is 2.43. The van der Waals surface area contributed by atoms with E-state index in [1.807, 2.05) is 0 Å². The molecule has 178 valence electrons. The van der Waals surface area contributed by atoms with E-state index >= 15 is 0 Å². The molecule has 0 aliphatic carbocycles. The van der Waals surface area contributed by atoms with Crippen molar-refractivity contribution >= 4 is 17.6 Å². The second kappa shape index (κ2) is 9.21. The van der Waals surface area contributed by atoms with Crippen LogP contribution in [0.25, 0.3) is 0 Å². The third-order valence-electron chi connectivity index (χ3n) is 6.10. The molecule has 3 aromatic rings. The number of hydrogen-bond acceptors (Lipinski definition) is 5. The number of nitrogens with zero attached hydrogens (tertiary/aromatic N) is 1. The molecular weight excluding hydrogens is 456 g/mol. The van der Waals surface area contributed by atoms with Gasteiger partial charge >= 0.3 is 5.97 Å². The number of rotatable bonds is 6. The quantitative estimate of drug-likeness (QED) is 0.474. The van der Waals surface area contributed by atoms with Crippen molar-refractivity contribution in [2.45, 2.75) is 18.9 Å². The van der Waals surface area contributed by atoms with Gasteiger partial charge in [0.1, 0.15) is 24.8 Å². The predicted octanol–water partition coefficient (Wildman–Crippen LogP) is 4.88. The van der Waals surface area contributed by atoms with Crippen LogP contribution in [-0.2, 0) is 20.9 Å². The molecule has 6 nitrogen and oxygen atoms in total. The number of carbonyl (C=O) groups is 2. The average Bonchev–Trinajstić information content (AvgIpc) is 3.25. The van der Waals surface area contributed by atoms with Crippen LogP contribution < -0.4 is 14.4 Å². The zero-order chi connectivity index (χ0) is 24.5. The van der Waals surface area contributed by atoms with Crippen LogP contribution in [-0.4, -0.2) is 25.6 Å². The molecule has 2 aliphatic rings. The number of carbonyl (C=O) groups excluding carboxylic acids is 2. The fourth-order valence-corrected chi connectivity index (χ4v) is 4.39. The van der Waals surface area contributed by atoms with Crippen molar-refractivity contribution in [1.29, 1.82) is 0 Å². The maximum absolute atomic E-state index is 13.4. The number of cyclic esters (lactones) is 1. The molecule has 3 aromatic carbocycles. The van der Waals surface area contributed by atoms with Crippen molar-refractivity contribution in [3.8, 4) is 11.5 Å². The van der Waals surface area contributed by atoms with Gasteiger partial charge in [-0.3, -0.25) is 9.69 Å². The number of ether oxygens (including phenoxy) is 3. The summed E-state index contributed by atoms with van der Waals surface area (Å²) in [6, 6.07) is 16.8. The minimum atomic E-state index is -0.524. The first-order valence-corrected chi connectivity index (χ1v) is 11.0. The van der Waals surface area contributed by atoms with Gasteiger partial charge in [0.25, 0.3) is 0 Å². The summed E-state index contributed by atoms with van der Waals surface area (Å²) < 4.78 is 43.2. The van der Waals surface area contributed by atoms with Crippen molar-refractivity contribution in [1.82, 2.24) is 0 Å². The van der Waals surface area contributed by atoms with Crippen LogP contribution in [0.4, 0.5) is 14.5 Å². The number of hydrogen-bond donors (Lipinski definition) is 0. The Morgan fingerprint density at radius 2 is 1.63 bits per heavy atom. The minimum absolute atomic E-state index is 0.0320. The molecule has 0 saturated heterocycles. The fourth-order valence-electron chi connectivity index (χ4n) is 4.39. The second-order valence-corrected chi connectivity index (χ2v) is 8.22. The molecule has 1 atom stereocenters. The summed E-state index contributed by atoms with van der Waals surface area (Å²) in [4.78, 5) is 27.3. The van der Waals surface area contributed by atoms with Gasteiger partial charge in [-0.1, -0.05) is 18.2 Å². The Hall–Kier alpha value is -4.20. The van der Waals surface area contributed by atoms with Crippen molar-refractivity contribution in [2.24, 2.45) is 0 Å². The zero-order valence-electron chi connectivity index (χ0n) is 18.8. The number of anilines is 1. The normalized spacial score (nSPS) is 17.3. The van der Waals surface area contributed by atoms with Crippen LogP contribution in [0, 0.1) is 11.6 Å². The summed E-state index contributed by atoms with van der Waals surface area (Å²) in [5, 5.41) is 0. The lowest BCUT2D eigenvalue weighted by Gasteiger charge is -2.32. The van der Waals surface area contributed by atoms with Crippen LogP contribution in [0.1, 0.15) is 23.5 Å². The maximum Gasteiger partial charge on any atom is 0.336 e. The van der Waals surface area contributed by atoms with Crippen molar-refractivity contribution < 1.29 is 32.6 Å². The molecule has 0 N–H and O–H groups in total. The average molecular weight is 477 g/mol. The molecule has 0 radical (unpaired) electrons. The second-order valence-electron chi connectivity index (χ2n) is 8.22. The summed E-state index contributed by atoms with van der Waals surface area (Å²) in [5.74, 6) is -1.07. The van der Waals surface area contributed by atoms with Gasteiger partial charge in [-0.15, -0.1) is 0 Å². The van der Waals surface area contributed by atoms with Gasteiger partial charge in [-0.25, -0.2) is 13.6 Å². The number of benzene rings is 3. The molecule has 2 heterocycles. The summed E-state index contributed by atoms with van der Waals surface area (Å²) >= 11 is 0. The van der Waals surface area contributed by atoms with Gasteiger partial charge in [0.05, 0.1) is 18.4 Å². The van der Waals surface area contributed by atoms with E-state index in [2.05, 4.69) is 0 Å². The van der Waals surface area contributed by atoms with Gasteiger partial charge in [-0.2, -0.15) is 0 Å². The van der Waals surface area contributed by atoms with E-state index < -0.39 is 17.7 Å². The minimum Gasteiger partial charge on any atom is -0.493 e. The monoisotopic (exact) mass is 477 g/mol. The Morgan fingerprint density at radius 1 is 0.943 bits per heavy atom. The molecule has 0 spiro atoms. The molecular formula is C27H21F2NO5. The molecule has 5 rings (SSSR count). The summed E-state index contributed by atoms with van der Waals surface area (Å²) in [5.41, 5.74) is 2.83. The Morgan fingerprint density at radius 3 is 2.31 bits per heavy atom. The van der Waals surface area contributed by atoms with E-state index in [0.717, 1.165) is 5.56 Å². The zero-order valence-corrected chi connectivity index (χ0v) is 18.8. The highest BCUT2D eigenvalue weighted by atomic mass is 19.1. The number of methoxy groups -OCH3 is 1. The first kappa shape index (κ1) is 22.6. The molecule has 35 heavy (non-hydrogen) atoms. The van der Waals surface area contributed by atoms with Crippen molar-refractivity contribution in [3.05, 3.63) is 101 Å². The van der Waals surface area contributed by atoms with Crippen LogP contribution in [0.2, 0.25) is 0 Å². The molecule has 1 unspecified atom stereocenters. The first-order chi connectivity index (χ1) is 16.9. The van der Waals surface area contributed by atoms with Gasteiger partial charge in [-0.05, 0) is 59.7 Å². The SMILES string of the molecule is COc1cc(C2CC(=O)N(c3ccc(F)cc3)C3=C2C(=O)OC3)ccc1OCc1ccc(F)cc1. The van der Waals surface area contributed by atoms with E-state index in [9.17, 15) is 18.4 Å². The molecule has 1 amide bonds. The first-order valence-electron chi connectivity index (χ1n) is 11.0. The molecule has 0 saturated carbocycles. The third-order valence-corrected chi connectivity index (χ3v) is 6.10. The number of halogens is 2.